The standard InChI is InChI=1S/C34H31BN2O2/c1-33(2)34(3,4)39-35(38-33)29-21-19-28(20-22-29)32-36-30(26-13-9-6-10-14-26)23-31(37-32)27-17-15-25(16-18-27)24-11-7-5-8-12-24/h5-23H,1-4H3. The van der Waals surface area contributed by atoms with E-state index < -0.39 is 7.12 Å². The lowest BCUT2D eigenvalue weighted by molar-refractivity contribution is 0.00578. The van der Waals surface area contributed by atoms with Crippen molar-refractivity contribution in [2.24, 2.45) is 0 Å². The molecule has 1 fully saturated rings. The van der Waals surface area contributed by atoms with Gasteiger partial charge in [-0.1, -0.05) is 109 Å². The molecule has 5 heteroatoms. The highest BCUT2D eigenvalue weighted by Crippen LogP contribution is 2.36. The highest BCUT2D eigenvalue weighted by atomic mass is 16.7. The SMILES string of the molecule is CC1(C)OB(c2ccc(-c3nc(-c4ccccc4)cc(-c4ccc(-c5ccccc5)cc4)n3)cc2)OC1(C)C. The Kier molecular flexibility index (Phi) is 6.42. The Morgan fingerprint density at radius 2 is 0.897 bits per heavy atom. The number of rotatable bonds is 5. The fourth-order valence-corrected chi connectivity index (χ4v) is 4.71. The van der Waals surface area contributed by atoms with Crippen LogP contribution < -0.4 is 5.46 Å². The van der Waals surface area contributed by atoms with Crippen LogP contribution in [-0.2, 0) is 9.31 Å². The smallest absolute Gasteiger partial charge is 0.399 e. The maximum atomic E-state index is 6.24. The summed E-state index contributed by atoms with van der Waals surface area (Å²) in [5, 5.41) is 0. The second-order valence-electron chi connectivity index (χ2n) is 11.0. The van der Waals surface area contributed by atoms with Gasteiger partial charge in [-0.3, -0.25) is 0 Å². The van der Waals surface area contributed by atoms with Crippen LogP contribution in [0.1, 0.15) is 27.7 Å². The fraction of sp³-hybridized carbons (Fsp3) is 0.176. The molecule has 192 valence electrons. The van der Waals surface area contributed by atoms with Crippen molar-refractivity contribution >= 4 is 12.6 Å². The van der Waals surface area contributed by atoms with Crippen molar-refractivity contribution in [3.8, 4) is 45.0 Å². The summed E-state index contributed by atoms with van der Waals surface area (Å²) in [4.78, 5) is 9.97. The van der Waals surface area contributed by atoms with Crippen molar-refractivity contribution in [2.75, 3.05) is 0 Å². The van der Waals surface area contributed by atoms with E-state index in [-0.39, 0.29) is 11.2 Å². The molecule has 2 heterocycles. The van der Waals surface area contributed by atoms with Gasteiger partial charge >= 0.3 is 7.12 Å². The summed E-state index contributed by atoms with van der Waals surface area (Å²) in [6.45, 7) is 8.27. The van der Waals surface area contributed by atoms with Gasteiger partial charge in [-0.25, -0.2) is 9.97 Å². The zero-order valence-electron chi connectivity index (χ0n) is 22.8. The molecule has 0 saturated carbocycles. The fourth-order valence-electron chi connectivity index (χ4n) is 4.71. The maximum absolute atomic E-state index is 6.24. The topological polar surface area (TPSA) is 44.2 Å². The van der Waals surface area contributed by atoms with E-state index in [0.29, 0.717) is 5.82 Å². The van der Waals surface area contributed by atoms with E-state index in [4.69, 9.17) is 19.3 Å². The monoisotopic (exact) mass is 510 g/mol. The summed E-state index contributed by atoms with van der Waals surface area (Å²) >= 11 is 0. The minimum Gasteiger partial charge on any atom is -0.399 e. The van der Waals surface area contributed by atoms with E-state index in [1.807, 2.05) is 48.5 Å². The summed E-state index contributed by atoms with van der Waals surface area (Å²) in [5.74, 6) is 0.680. The Bertz CT molecular complexity index is 1570. The third-order valence-electron chi connectivity index (χ3n) is 7.78. The van der Waals surface area contributed by atoms with Crippen molar-refractivity contribution in [1.82, 2.24) is 9.97 Å². The average molecular weight is 510 g/mol. The number of hydrogen-bond donors (Lipinski definition) is 0. The molecule has 4 aromatic carbocycles. The first-order chi connectivity index (χ1) is 18.8. The van der Waals surface area contributed by atoms with E-state index in [1.165, 1.54) is 11.1 Å². The zero-order chi connectivity index (χ0) is 27.0. The molecule has 39 heavy (non-hydrogen) atoms. The Morgan fingerprint density at radius 1 is 0.487 bits per heavy atom. The van der Waals surface area contributed by atoms with Gasteiger partial charge < -0.3 is 9.31 Å². The zero-order valence-corrected chi connectivity index (χ0v) is 22.8. The van der Waals surface area contributed by atoms with Gasteiger partial charge in [0.2, 0.25) is 0 Å². The Morgan fingerprint density at radius 3 is 1.44 bits per heavy atom. The van der Waals surface area contributed by atoms with Gasteiger partial charge in [-0.05, 0) is 50.4 Å². The van der Waals surface area contributed by atoms with E-state index >= 15 is 0 Å². The van der Waals surface area contributed by atoms with Crippen molar-refractivity contribution < 1.29 is 9.31 Å². The van der Waals surface area contributed by atoms with Gasteiger partial charge in [0, 0.05) is 16.7 Å². The predicted octanol–water partition coefficient (Wildman–Crippen LogP) is 7.44. The van der Waals surface area contributed by atoms with Crippen LogP contribution in [0.25, 0.3) is 45.0 Å². The molecule has 1 aliphatic rings. The summed E-state index contributed by atoms with van der Waals surface area (Å²) in [7, 11) is -0.403. The van der Waals surface area contributed by atoms with Crippen LogP contribution >= 0.6 is 0 Å². The van der Waals surface area contributed by atoms with Gasteiger partial charge in [0.1, 0.15) is 0 Å². The molecule has 0 bridgehead atoms. The highest BCUT2D eigenvalue weighted by Gasteiger charge is 2.51. The quantitative estimate of drug-likeness (QED) is 0.231. The van der Waals surface area contributed by atoms with Crippen LogP contribution in [-0.4, -0.2) is 28.3 Å². The van der Waals surface area contributed by atoms with Crippen molar-refractivity contribution in [1.29, 1.82) is 0 Å². The lowest BCUT2D eigenvalue weighted by Crippen LogP contribution is -2.41. The van der Waals surface area contributed by atoms with Crippen molar-refractivity contribution in [3.05, 3.63) is 115 Å². The molecule has 0 radical (unpaired) electrons. The minimum absolute atomic E-state index is 0.381. The predicted molar refractivity (Wildman–Crippen MR) is 159 cm³/mol. The van der Waals surface area contributed by atoms with Gasteiger partial charge in [0.15, 0.2) is 5.82 Å². The molecule has 0 spiro atoms. The lowest BCUT2D eigenvalue weighted by Gasteiger charge is -2.32. The lowest BCUT2D eigenvalue weighted by atomic mass is 9.79. The number of benzene rings is 4. The molecule has 6 rings (SSSR count). The van der Waals surface area contributed by atoms with Crippen LogP contribution in [0.4, 0.5) is 0 Å². The molecule has 1 aliphatic heterocycles. The molecule has 0 unspecified atom stereocenters. The Hall–Kier alpha value is -4.06. The first-order valence-corrected chi connectivity index (χ1v) is 13.4. The third-order valence-corrected chi connectivity index (χ3v) is 7.78. The van der Waals surface area contributed by atoms with E-state index in [1.54, 1.807) is 0 Å². The third kappa shape index (κ3) is 5.03. The number of aromatic nitrogens is 2. The van der Waals surface area contributed by atoms with Crippen molar-refractivity contribution in [2.45, 2.75) is 38.9 Å². The van der Waals surface area contributed by atoms with Gasteiger partial charge in [-0.2, -0.15) is 0 Å². The normalized spacial score (nSPS) is 15.8. The first kappa shape index (κ1) is 25.2. The average Bonchev–Trinajstić information content (AvgIpc) is 3.20. The van der Waals surface area contributed by atoms with E-state index in [0.717, 1.165) is 33.5 Å². The van der Waals surface area contributed by atoms with Crippen LogP contribution in [0.3, 0.4) is 0 Å². The second-order valence-corrected chi connectivity index (χ2v) is 11.0. The summed E-state index contributed by atoms with van der Waals surface area (Å²) in [6.07, 6.45) is 0. The molecule has 1 saturated heterocycles. The minimum atomic E-state index is -0.403. The summed E-state index contributed by atoms with van der Waals surface area (Å²) < 4.78 is 12.5. The molecule has 4 nitrogen and oxygen atoms in total. The van der Waals surface area contributed by atoms with Gasteiger partial charge in [0.25, 0.3) is 0 Å². The number of nitrogens with zero attached hydrogens (tertiary/aromatic N) is 2. The molecule has 1 aromatic heterocycles. The van der Waals surface area contributed by atoms with Gasteiger partial charge in [-0.15, -0.1) is 0 Å². The van der Waals surface area contributed by atoms with E-state index in [9.17, 15) is 0 Å². The largest absolute Gasteiger partial charge is 0.494 e. The first-order valence-electron chi connectivity index (χ1n) is 13.4. The van der Waals surface area contributed by atoms with Crippen molar-refractivity contribution in [3.63, 3.8) is 0 Å². The van der Waals surface area contributed by atoms with Crippen LogP contribution in [0.5, 0.6) is 0 Å². The maximum Gasteiger partial charge on any atom is 0.494 e. The molecular formula is C34H31BN2O2. The summed E-state index contributed by atoms with van der Waals surface area (Å²) in [6, 6.07) is 39.4. The Balaban J connectivity index is 1.36. The van der Waals surface area contributed by atoms with Crippen LogP contribution in [0.2, 0.25) is 0 Å². The Labute approximate surface area is 230 Å². The van der Waals surface area contributed by atoms with Crippen LogP contribution in [0, 0.1) is 0 Å². The van der Waals surface area contributed by atoms with Crippen LogP contribution in [0.15, 0.2) is 115 Å². The summed E-state index contributed by atoms with van der Waals surface area (Å²) in [5.41, 5.74) is 7.40. The molecule has 0 N–H and O–H groups in total. The molecule has 0 atom stereocenters. The molecule has 5 aromatic rings. The molecule has 0 amide bonds. The second kappa shape index (κ2) is 9.92. The number of hydrogen-bond acceptors (Lipinski definition) is 4. The molecular weight excluding hydrogens is 479 g/mol. The molecule has 0 aliphatic carbocycles. The van der Waals surface area contributed by atoms with Gasteiger partial charge in [0.05, 0.1) is 22.6 Å². The highest BCUT2D eigenvalue weighted by molar-refractivity contribution is 6.62. The van der Waals surface area contributed by atoms with E-state index in [2.05, 4.69) is 94.4 Å².